The van der Waals surface area contributed by atoms with Crippen LogP contribution in [0.25, 0.3) is 0 Å². The largest absolute Gasteiger partial charge is 0.416 e. The minimum absolute atomic E-state index is 0.0188. The van der Waals surface area contributed by atoms with E-state index in [1.807, 2.05) is 0 Å². The van der Waals surface area contributed by atoms with Crippen molar-refractivity contribution in [2.75, 3.05) is 11.9 Å². The maximum Gasteiger partial charge on any atom is 0.416 e. The summed E-state index contributed by atoms with van der Waals surface area (Å²) >= 11 is 0. The van der Waals surface area contributed by atoms with Crippen molar-refractivity contribution >= 4 is 17.5 Å². The molecule has 0 saturated carbocycles. The highest BCUT2D eigenvalue weighted by molar-refractivity contribution is 6.39. The van der Waals surface area contributed by atoms with Gasteiger partial charge in [0.05, 0.1) is 5.56 Å². The minimum Gasteiger partial charge on any atom is -0.396 e. The smallest absolute Gasteiger partial charge is 0.396 e. The molecule has 5 nitrogen and oxygen atoms in total. The first-order valence-corrected chi connectivity index (χ1v) is 6.96. The van der Waals surface area contributed by atoms with Crippen LogP contribution < -0.4 is 10.6 Å². The number of amides is 2. The highest BCUT2D eigenvalue weighted by atomic mass is 19.4. The second-order valence-corrected chi connectivity index (χ2v) is 5.40. The molecule has 1 aromatic rings. The molecule has 2 unspecified atom stereocenters. The maximum absolute atomic E-state index is 12.8. The van der Waals surface area contributed by atoms with E-state index in [1.54, 1.807) is 13.8 Å². The lowest BCUT2D eigenvalue weighted by Crippen LogP contribution is -2.44. The van der Waals surface area contributed by atoms with Crippen LogP contribution in [-0.4, -0.2) is 29.6 Å². The number of carbonyl (C=O) groups is 2. The van der Waals surface area contributed by atoms with Crippen molar-refractivity contribution in [2.45, 2.75) is 33.0 Å². The molecular weight excluding hydrogens is 313 g/mol. The zero-order valence-corrected chi connectivity index (χ0v) is 13.0. The van der Waals surface area contributed by atoms with Crippen LogP contribution in [0.2, 0.25) is 0 Å². The van der Waals surface area contributed by atoms with Crippen LogP contribution in [-0.2, 0) is 15.8 Å². The molecule has 2 atom stereocenters. The number of halogens is 3. The van der Waals surface area contributed by atoms with Gasteiger partial charge in [-0.15, -0.1) is 0 Å². The van der Waals surface area contributed by atoms with E-state index in [9.17, 15) is 22.8 Å². The van der Waals surface area contributed by atoms with E-state index in [2.05, 4.69) is 10.6 Å². The third-order valence-corrected chi connectivity index (χ3v) is 3.51. The number of rotatable bonds is 4. The Morgan fingerprint density at radius 3 is 2.35 bits per heavy atom. The molecule has 0 bridgehead atoms. The highest BCUT2D eigenvalue weighted by Gasteiger charge is 2.32. The molecule has 3 N–H and O–H groups in total. The van der Waals surface area contributed by atoms with Gasteiger partial charge in [-0.2, -0.15) is 13.2 Å². The number of carbonyl (C=O) groups excluding carboxylic acids is 2. The van der Waals surface area contributed by atoms with Crippen LogP contribution >= 0.6 is 0 Å². The molecule has 1 rings (SSSR count). The average Bonchev–Trinajstić information content (AvgIpc) is 2.46. The average molecular weight is 332 g/mol. The topological polar surface area (TPSA) is 78.4 Å². The Morgan fingerprint density at radius 2 is 1.83 bits per heavy atom. The monoisotopic (exact) mass is 332 g/mol. The number of anilines is 1. The lowest BCUT2D eigenvalue weighted by atomic mass is 10.1. The fraction of sp³-hybridized carbons (Fsp3) is 0.467. The lowest BCUT2D eigenvalue weighted by Gasteiger charge is -2.19. The van der Waals surface area contributed by atoms with Crippen LogP contribution in [0.3, 0.4) is 0 Å². The number of hydrogen-bond acceptors (Lipinski definition) is 3. The molecule has 2 amide bonds. The van der Waals surface area contributed by atoms with Crippen molar-refractivity contribution in [3.63, 3.8) is 0 Å². The molecule has 0 aromatic heterocycles. The Kier molecular flexibility index (Phi) is 6.14. The van der Waals surface area contributed by atoms with Crippen LogP contribution in [0.1, 0.15) is 25.0 Å². The lowest BCUT2D eigenvalue weighted by molar-refractivity contribution is -0.138. The SMILES string of the molecule is Cc1ccc(NC(=O)C(=O)NC(C)C(C)CO)cc1C(F)(F)F. The third kappa shape index (κ3) is 5.24. The van der Waals surface area contributed by atoms with Crippen molar-refractivity contribution in [1.29, 1.82) is 0 Å². The number of aryl methyl sites for hydroxylation is 1. The van der Waals surface area contributed by atoms with E-state index in [4.69, 9.17) is 5.11 Å². The molecule has 0 spiro atoms. The fourth-order valence-corrected chi connectivity index (χ4v) is 1.77. The van der Waals surface area contributed by atoms with Gasteiger partial charge >= 0.3 is 18.0 Å². The summed E-state index contributed by atoms with van der Waals surface area (Å²) in [6, 6.07) is 2.82. The second-order valence-electron chi connectivity index (χ2n) is 5.40. The molecule has 1 aromatic carbocycles. The van der Waals surface area contributed by atoms with E-state index in [0.717, 1.165) is 6.07 Å². The minimum atomic E-state index is -4.54. The summed E-state index contributed by atoms with van der Waals surface area (Å²) in [6.45, 7) is 4.42. The predicted molar refractivity (Wildman–Crippen MR) is 78.7 cm³/mol. The Balaban J connectivity index is 2.80. The Labute approximate surface area is 131 Å². The molecule has 23 heavy (non-hydrogen) atoms. The van der Waals surface area contributed by atoms with Crippen LogP contribution in [0, 0.1) is 12.8 Å². The quantitative estimate of drug-likeness (QED) is 0.739. The van der Waals surface area contributed by atoms with E-state index in [-0.39, 0.29) is 23.8 Å². The first-order chi connectivity index (χ1) is 10.6. The number of aliphatic hydroxyl groups is 1. The summed E-state index contributed by atoms with van der Waals surface area (Å²) in [5.74, 6) is -2.31. The number of alkyl halides is 3. The number of benzene rings is 1. The molecule has 0 radical (unpaired) electrons. The molecule has 128 valence electrons. The van der Waals surface area contributed by atoms with Crippen molar-refractivity contribution in [1.82, 2.24) is 5.32 Å². The van der Waals surface area contributed by atoms with Gasteiger partial charge in [0, 0.05) is 18.3 Å². The van der Waals surface area contributed by atoms with Crippen LogP contribution in [0.4, 0.5) is 18.9 Å². The van der Waals surface area contributed by atoms with Gasteiger partial charge in [-0.1, -0.05) is 13.0 Å². The summed E-state index contributed by atoms with van der Waals surface area (Å²) in [5, 5.41) is 13.5. The van der Waals surface area contributed by atoms with Gasteiger partial charge in [0.15, 0.2) is 0 Å². The Bertz CT molecular complexity index is 588. The van der Waals surface area contributed by atoms with Crippen molar-refractivity contribution in [2.24, 2.45) is 5.92 Å². The van der Waals surface area contributed by atoms with Crippen LogP contribution in [0.5, 0.6) is 0 Å². The number of hydrogen-bond donors (Lipinski definition) is 3. The van der Waals surface area contributed by atoms with Gasteiger partial charge in [0.25, 0.3) is 0 Å². The highest BCUT2D eigenvalue weighted by Crippen LogP contribution is 2.33. The van der Waals surface area contributed by atoms with Gasteiger partial charge in [0.1, 0.15) is 0 Å². The number of aliphatic hydroxyl groups excluding tert-OH is 1. The Morgan fingerprint density at radius 1 is 1.22 bits per heavy atom. The van der Waals surface area contributed by atoms with Crippen LogP contribution in [0.15, 0.2) is 18.2 Å². The number of nitrogens with one attached hydrogen (secondary N) is 2. The molecular formula is C15H19F3N2O3. The van der Waals surface area contributed by atoms with E-state index >= 15 is 0 Å². The molecule has 0 aliphatic rings. The maximum atomic E-state index is 12.8. The summed E-state index contributed by atoms with van der Waals surface area (Å²) in [5.41, 5.74) is -0.978. The Hall–Kier alpha value is -2.09. The van der Waals surface area contributed by atoms with Gasteiger partial charge in [0.2, 0.25) is 0 Å². The molecule has 0 heterocycles. The first kappa shape index (κ1) is 19.0. The van der Waals surface area contributed by atoms with Gasteiger partial charge in [-0.3, -0.25) is 9.59 Å². The standard InChI is InChI=1S/C15H19F3N2O3/c1-8-4-5-11(6-12(8)15(16,17)18)20-14(23)13(22)19-10(3)9(2)7-21/h4-6,9-10,21H,7H2,1-3H3,(H,19,22)(H,20,23). The molecule has 0 aliphatic carbocycles. The van der Waals surface area contributed by atoms with Gasteiger partial charge < -0.3 is 15.7 Å². The van der Waals surface area contributed by atoms with E-state index in [0.29, 0.717) is 0 Å². The zero-order chi connectivity index (χ0) is 17.8. The molecule has 0 saturated heterocycles. The fourth-order valence-electron chi connectivity index (χ4n) is 1.77. The van der Waals surface area contributed by atoms with Crippen molar-refractivity contribution in [3.8, 4) is 0 Å². The summed E-state index contributed by atoms with van der Waals surface area (Å²) in [6.07, 6.45) is -4.54. The van der Waals surface area contributed by atoms with E-state index < -0.39 is 29.6 Å². The van der Waals surface area contributed by atoms with E-state index in [1.165, 1.54) is 19.1 Å². The summed E-state index contributed by atoms with van der Waals surface area (Å²) in [7, 11) is 0. The zero-order valence-electron chi connectivity index (χ0n) is 13.0. The summed E-state index contributed by atoms with van der Waals surface area (Å²) in [4.78, 5) is 23.4. The molecule has 0 fully saturated rings. The molecule has 8 heteroatoms. The second kappa shape index (κ2) is 7.45. The van der Waals surface area contributed by atoms with Gasteiger partial charge in [-0.05, 0) is 37.5 Å². The third-order valence-electron chi connectivity index (χ3n) is 3.51. The first-order valence-electron chi connectivity index (χ1n) is 6.96. The normalized spacial score (nSPS) is 14.0. The summed E-state index contributed by atoms with van der Waals surface area (Å²) < 4.78 is 38.4. The van der Waals surface area contributed by atoms with Crippen molar-refractivity contribution < 1.29 is 27.9 Å². The molecule has 0 aliphatic heterocycles. The van der Waals surface area contributed by atoms with Crippen molar-refractivity contribution in [3.05, 3.63) is 29.3 Å². The van der Waals surface area contributed by atoms with Gasteiger partial charge in [-0.25, -0.2) is 0 Å². The predicted octanol–water partition coefficient (Wildman–Crippen LogP) is 2.09.